The first kappa shape index (κ1) is 25.0. The van der Waals surface area contributed by atoms with Crippen molar-refractivity contribution < 1.29 is 37.0 Å². The number of carbonyl (C=O) groups excluding carboxylic acids is 3. The maximum Gasteiger partial charge on any atom is 0.416 e. The minimum Gasteiger partial charge on any atom is -0.497 e. The van der Waals surface area contributed by atoms with Gasteiger partial charge in [-0.15, -0.1) is 0 Å². The molecule has 3 aromatic carbocycles. The highest BCUT2D eigenvalue weighted by atomic mass is 19.4. The number of hydrogen-bond acceptors (Lipinski definition) is 6. The summed E-state index contributed by atoms with van der Waals surface area (Å²) in [5.41, 5.74) is 1.68. The van der Waals surface area contributed by atoms with E-state index in [0.29, 0.717) is 11.3 Å². The Hall–Kier alpha value is -4.67. The molecular formula is C24H18F3N3O5. The molecule has 0 spiro atoms. The number of amides is 2. The van der Waals surface area contributed by atoms with Crippen molar-refractivity contribution in [2.24, 2.45) is 5.10 Å². The van der Waals surface area contributed by atoms with Crippen LogP contribution >= 0.6 is 0 Å². The molecule has 0 aliphatic carbocycles. The highest BCUT2D eigenvalue weighted by molar-refractivity contribution is 6.39. The van der Waals surface area contributed by atoms with Crippen LogP contribution in [0.3, 0.4) is 0 Å². The Bertz CT molecular complexity index is 1260. The normalized spacial score (nSPS) is 11.1. The average molecular weight is 485 g/mol. The van der Waals surface area contributed by atoms with Gasteiger partial charge in [-0.05, 0) is 54.6 Å². The summed E-state index contributed by atoms with van der Waals surface area (Å²) in [6.07, 6.45) is -3.36. The zero-order chi connectivity index (χ0) is 25.4. The van der Waals surface area contributed by atoms with Crippen molar-refractivity contribution in [1.82, 2.24) is 5.43 Å². The van der Waals surface area contributed by atoms with Gasteiger partial charge in [0.15, 0.2) is 0 Å². The summed E-state index contributed by atoms with van der Waals surface area (Å²) in [5.74, 6) is -2.32. The summed E-state index contributed by atoms with van der Waals surface area (Å²) in [5, 5.41) is 5.84. The number of alkyl halides is 3. The highest BCUT2D eigenvalue weighted by Crippen LogP contribution is 2.29. The van der Waals surface area contributed by atoms with Crippen LogP contribution in [0, 0.1) is 0 Å². The molecule has 0 heterocycles. The number of halogens is 3. The van der Waals surface area contributed by atoms with E-state index in [4.69, 9.17) is 9.47 Å². The Labute approximate surface area is 197 Å². The van der Waals surface area contributed by atoms with E-state index < -0.39 is 29.5 Å². The minimum absolute atomic E-state index is 0.00284. The Morgan fingerprint density at radius 2 is 1.63 bits per heavy atom. The van der Waals surface area contributed by atoms with Crippen molar-refractivity contribution in [3.05, 3.63) is 89.5 Å². The van der Waals surface area contributed by atoms with Gasteiger partial charge >= 0.3 is 24.0 Å². The third kappa shape index (κ3) is 6.90. The van der Waals surface area contributed by atoms with Gasteiger partial charge in [0.1, 0.15) is 11.5 Å². The van der Waals surface area contributed by atoms with Gasteiger partial charge in [-0.1, -0.05) is 18.2 Å². The summed E-state index contributed by atoms with van der Waals surface area (Å²) in [4.78, 5) is 36.4. The summed E-state index contributed by atoms with van der Waals surface area (Å²) < 4.78 is 48.3. The monoisotopic (exact) mass is 485 g/mol. The maximum absolute atomic E-state index is 12.6. The number of nitrogens with one attached hydrogen (secondary N) is 2. The fourth-order valence-electron chi connectivity index (χ4n) is 2.73. The van der Waals surface area contributed by atoms with Gasteiger partial charge in [0.25, 0.3) is 0 Å². The summed E-state index contributed by atoms with van der Waals surface area (Å²) in [6.45, 7) is 0. The molecule has 2 N–H and O–H groups in total. The van der Waals surface area contributed by atoms with E-state index in [1.807, 2.05) is 5.43 Å². The summed E-state index contributed by atoms with van der Waals surface area (Å²) in [6, 6.07) is 16.3. The van der Waals surface area contributed by atoms with Gasteiger partial charge < -0.3 is 14.8 Å². The fraction of sp³-hybridized carbons (Fsp3) is 0.0833. The number of nitrogens with zero attached hydrogens (tertiary/aromatic N) is 1. The van der Waals surface area contributed by atoms with E-state index in [1.54, 1.807) is 36.4 Å². The van der Waals surface area contributed by atoms with E-state index in [1.165, 1.54) is 19.2 Å². The maximum atomic E-state index is 12.6. The van der Waals surface area contributed by atoms with E-state index in [9.17, 15) is 27.6 Å². The molecule has 0 saturated carbocycles. The van der Waals surface area contributed by atoms with Gasteiger partial charge in [-0.2, -0.15) is 18.3 Å². The molecule has 0 saturated heterocycles. The number of benzene rings is 3. The highest BCUT2D eigenvalue weighted by Gasteiger charge is 2.30. The zero-order valence-electron chi connectivity index (χ0n) is 18.1. The van der Waals surface area contributed by atoms with Crippen LogP contribution < -0.4 is 20.2 Å². The van der Waals surface area contributed by atoms with Crippen molar-refractivity contribution in [2.75, 3.05) is 12.4 Å². The third-order valence-corrected chi connectivity index (χ3v) is 4.47. The number of anilines is 1. The number of hydrogen-bond donors (Lipinski definition) is 2. The number of rotatable bonds is 6. The first-order valence-corrected chi connectivity index (χ1v) is 9.94. The van der Waals surface area contributed by atoms with E-state index in [2.05, 4.69) is 10.4 Å². The van der Waals surface area contributed by atoms with Crippen molar-refractivity contribution in [3.63, 3.8) is 0 Å². The summed E-state index contributed by atoms with van der Waals surface area (Å²) >= 11 is 0. The van der Waals surface area contributed by atoms with Crippen molar-refractivity contribution in [1.29, 1.82) is 0 Å². The van der Waals surface area contributed by atoms with E-state index >= 15 is 0 Å². The lowest BCUT2D eigenvalue weighted by Crippen LogP contribution is -2.32. The molecule has 0 aliphatic heterocycles. The molecular weight excluding hydrogens is 467 g/mol. The zero-order valence-corrected chi connectivity index (χ0v) is 18.1. The van der Waals surface area contributed by atoms with Crippen LogP contribution in [-0.4, -0.2) is 31.1 Å². The number of hydrazone groups is 1. The van der Waals surface area contributed by atoms with Crippen LogP contribution in [0.5, 0.6) is 11.5 Å². The van der Waals surface area contributed by atoms with Gasteiger partial charge in [0, 0.05) is 11.3 Å². The second kappa shape index (κ2) is 11.0. The molecule has 0 fully saturated rings. The Morgan fingerprint density at radius 3 is 2.31 bits per heavy atom. The van der Waals surface area contributed by atoms with Crippen LogP contribution in [0.1, 0.15) is 21.5 Å². The number of carbonyl (C=O) groups is 3. The molecule has 0 radical (unpaired) electrons. The molecule has 2 amide bonds. The first-order valence-electron chi connectivity index (χ1n) is 9.94. The molecule has 0 bridgehead atoms. The fourth-order valence-corrected chi connectivity index (χ4v) is 2.73. The predicted molar refractivity (Wildman–Crippen MR) is 120 cm³/mol. The number of methoxy groups -OCH3 is 1. The van der Waals surface area contributed by atoms with Crippen LogP contribution in [0.2, 0.25) is 0 Å². The van der Waals surface area contributed by atoms with Crippen LogP contribution in [0.4, 0.5) is 18.9 Å². The lowest BCUT2D eigenvalue weighted by Gasteiger charge is -2.09. The van der Waals surface area contributed by atoms with E-state index in [-0.39, 0.29) is 17.0 Å². The van der Waals surface area contributed by atoms with Gasteiger partial charge in [0.2, 0.25) is 0 Å². The SMILES string of the molecule is COc1cccc(C(=O)Oc2ccccc2/C=N/NC(=O)C(=O)Nc2ccc(C(F)(F)F)cc2)c1. The number of para-hydroxylation sites is 1. The van der Waals surface area contributed by atoms with Crippen LogP contribution in [0.15, 0.2) is 77.9 Å². The smallest absolute Gasteiger partial charge is 0.416 e. The standard InChI is InChI=1S/C24H18F3N3O5/c1-34-19-7-4-6-15(13-19)23(33)35-20-8-3-2-5-16(20)14-28-30-22(32)21(31)29-18-11-9-17(10-12-18)24(25,26)27/h2-14H,1H3,(H,29,31)(H,30,32)/b28-14+. The van der Waals surface area contributed by atoms with Crippen molar-refractivity contribution in [3.8, 4) is 11.5 Å². The van der Waals surface area contributed by atoms with Crippen LogP contribution in [-0.2, 0) is 15.8 Å². The Morgan fingerprint density at radius 1 is 0.914 bits per heavy atom. The molecule has 0 unspecified atom stereocenters. The Kier molecular flexibility index (Phi) is 7.82. The molecule has 3 aromatic rings. The molecule has 0 atom stereocenters. The number of esters is 1. The largest absolute Gasteiger partial charge is 0.497 e. The van der Waals surface area contributed by atoms with Crippen molar-refractivity contribution in [2.45, 2.75) is 6.18 Å². The lowest BCUT2D eigenvalue weighted by atomic mass is 10.2. The molecule has 0 aliphatic rings. The molecule has 0 aromatic heterocycles. The van der Waals surface area contributed by atoms with Gasteiger partial charge in [-0.25, -0.2) is 10.2 Å². The second-order valence-electron chi connectivity index (χ2n) is 6.89. The van der Waals surface area contributed by atoms with Gasteiger partial charge in [-0.3, -0.25) is 9.59 Å². The molecule has 11 heteroatoms. The van der Waals surface area contributed by atoms with Gasteiger partial charge in [0.05, 0.1) is 24.5 Å². The van der Waals surface area contributed by atoms with E-state index in [0.717, 1.165) is 30.5 Å². The average Bonchev–Trinajstić information content (AvgIpc) is 2.84. The third-order valence-electron chi connectivity index (χ3n) is 4.47. The minimum atomic E-state index is -4.52. The molecule has 35 heavy (non-hydrogen) atoms. The lowest BCUT2D eigenvalue weighted by molar-refractivity contribution is -0.137. The summed E-state index contributed by atoms with van der Waals surface area (Å²) in [7, 11) is 1.47. The topological polar surface area (TPSA) is 106 Å². The van der Waals surface area contributed by atoms with Crippen molar-refractivity contribution >= 4 is 29.7 Å². The number of ether oxygens (including phenoxy) is 2. The molecule has 8 nitrogen and oxygen atoms in total. The Balaban J connectivity index is 1.60. The van der Waals surface area contributed by atoms with Crippen LogP contribution in [0.25, 0.3) is 0 Å². The quantitative estimate of drug-likeness (QED) is 0.180. The predicted octanol–water partition coefficient (Wildman–Crippen LogP) is 4.02. The first-order chi connectivity index (χ1) is 16.7. The molecule has 180 valence electrons. The molecule has 3 rings (SSSR count). The second-order valence-corrected chi connectivity index (χ2v) is 6.89.